The first-order chi connectivity index (χ1) is 10.3. The number of aliphatic hydroxyl groups is 1. The fourth-order valence-corrected chi connectivity index (χ4v) is 2.23. The van der Waals surface area contributed by atoms with Crippen LogP contribution in [0.1, 0.15) is 84.0 Å². The highest BCUT2D eigenvalue weighted by Crippen LogP contribution is 2.06. The van der Waals surface area contributed by atoms with Gasteiger partial charge in [0.2, 0.25) is 0 Å². The molecule has 1 nitrogen and oxygen atoms in total. The lowest BCUT2D eigenvalue weighted by Gasteiger charge is -2.00. The second-order valence-electron chi connectivity index (χ2n) is 5.39. The van der Waals surface area contributed by atoms with Crippen LogP contribution >= 0.6 is 15.9 Å². The maximum absolute atomic E-state index is 9.57. The van der Waals surface area contributed by atoms with E-state index >= 15 is 0 Å². The minimum Gasteiger partial charge on any atom is -0.380 e. The van der Waals surface area contributed by atoms with Crippen LogP contribution in [0.3, 0.4) is 0 Å². The number of rotatable bonds is 11. The van der Waals surface area contributed by atoms with Crippen LogP contribution in [0.15, 0.2) is 0 Å². The zero-order chi connectivity index (χ0) is 15.6. The van der Waals surface area contributed by atoms with E-state index in [-0.39, 0.29) is 0 Å². The molecule has 0 aliphatic rings. The van der Waals surface area contributed by atoms with Crippen molar-refractivity contribution in [3.8, 4) is 23.7 Å². The number of halogens is 1. The summed E-state index contributed by atoms with van der Waals surface area (Å²) >= 11 is 3.41. The second-order valence-corrected chi connectivity index (χ2v) is 6.19. The molecule has 120 valence electrons. The zero-order valence-corrected chi connectivity index (χ0v) is 15.2. The van der Waals surface area contributed by atoms with Gasteiger partial charge in [-0.25, -0.2) is 0 Å². The predicted molar refractivity (Wildman–Crippen MR) is 96.4 cm³/mol. The summed E-state index contributed by atoms with van der Waals surface area (Å²) in [5.41, 5.74) is 0. The summed E-state index contributed by atoms with van der Waals surface area (Å²) in [5.74, 6) is 12.5. The van der Waals surface area contributed by atoms with Gasteiger partial charge in [0, 0.05) is 24.6 Å². The Morgan fingerprint density at radius 2 is 1.38 bits per heavy atom. The van der Waals surface area contributed by atoms with Gasteiger partial charge in [-0.3, -0.25) is 0 Å². The Morgan fingerprint density at radius 3 is 2.00 bits per heavy atom. The molecule has 1 atom stereocenters. The van der Waals surface area contributed by atoms with Gasteiger partial charge in [0.25, 0.3) is 0 Å². The van der Waals surface area contributed by atoms with Crippen molar-refractivity contribution in [3.63, 3.8) is 0 Å². The smallest absolute Gasteiger partial charge is 0.114 e. The third-order valence-electron chi connectivity index (χ3n) is 3.26. The first-order valence-electron chi connectivity index (χ1n) is 8.49. The van der Waals surface area contributed by atoms with Crippen LogP contribution in [-0.4, -0.2) is 16.5 Å². The van der Waals surface area contributed by atoms with Crippen molar-refractivity contribution in [2.45, 2.75) is 90.1 Å². The second kappa shape index (κ2) is 17.6. The molecule has 0 aliphatic carbocycles. The van der Waals surface area contributed by atoms with E-state index in [2.05, 4.69) is 46.5 Å². The third-order valence-corrected chi connectivity index (χ3v) is 3.82. The van der Waals surface area contributed by atoms with E-state index in [4.69, 9.17) is 0 Å². The van der Waals surface area contributed by atoms with E-state index in [0.29, 0.717) is 0 Å². The fourth-order valence-electron chi connectivity index (χ4n) is 1.95. The van der Waals surface area contributed by atoms with Gasteiger partial charge in [-0.15, -0.1) is 17.8 Å². The van der Waals surface area contributed by atoms with Crippen LogP contribution in [0.4, 0.5) is 0 Å². The summed E-state index contributed by atoms with van der Waals surface area (Å²) < 4.78 is 0. The monoisotopic (exact) mass is 354 g/mol. The average molecular weight is 355 g/mol. The molecule has 0 spiro atoms. The normalized spacial score (nSPS) is 11.2. The minimum atomic E-state index is -0.409. The Bertz CT molecular complexity index is 329. The standard InChI is InChI=1S/C19H31BrO/c1-2-3-16-19(21)17-14-12-10-8-6-4-5-7-9-11-13-15-18-20/h19,21H,2-8,10,12-13,15-16,18H2,1H3/t19-/m1/s1. The largest absolute Gasteiger partial charge is 0.380 e. The molecule has 0 radical (unpaired) electrons. The Hall–Kier alpha value is -0.440. The van der Waals surface area contributed by atoms with E-state index in [1.165, 1.54) is 25.7 Å². The molecule has 0 unspecified atom stereocenters. The Balaban J connectivity index is 3.28. The first-order valence-corrected chi connectivity index (χ1v) is 9.61. The van der Waals surface area contributed by atoms with Gasteiger partial charge in [-0.1, -0.05) is 60.9 Å². The van der Waals surface area contributed by atoms with Crippen LogP contribution in [-0.2, 0) is 0 Å². The van der Waals surface area contributed by atoms with Gasteiger partial charge in [0.05, 0.1) is 0 Å². The SMILES string of the molecule is CCCC[C@@H](O)C#CCCCCCCCC#CCCCBr. The van der Waals surface area contributed by atoms with Crippen molar-refractivity contribution >= 4 is 15.9 Å². The Morgan fingerprint density at radius 1 is 0.810 bits per heavy atom. The number of hydrogen-bond donors (Lipinski definition) is 1. The lowest BCUT2D eigenvalue weighted by atomic mass is 10.1. The summed E-state index contributed by atoms with van der Waals surface area (Å²) in [6.07, 6.45) is 12.9. The van der Waals surface area contributed by atoms with Crippen LogP contribution in [0.25, 0.3) is 0 Å². The van der Waals surface area contributed by atoms with Gasteiger partial charge < -0.3 is 5.11 Å². The van der Waals surface area contributed by atoms with E-state index in [0.717, 1.165) is 56.7 Å². The van der Waals surface area contributed by atoms with Crippen molar-refractivity contribution in [2.75, 3.05) is 5.33 Å². The van der Waals surface area contributed by atoms with Crippen molar-refractivity contribution in [1.82, 2.24) is 0 Å². The van der Waals surface area contributed by atoms with E-state index in [9.17, 15) is 5.11 Å². The molecular formula is C19H31BrO. The van der Waals surface area contributed by atoms with Crippen LogP contribution in [0.5, 0.6) is 0 Å². The highest BCUT2D eigenvalue weighted by Gasteiger charge is 1.96. The number of aliphatic hydroxyl groups excluding tert-OH is 1. The summed E-state index contributed by atoms with van der Waals surface area (Å²) in [6.45, 7) is 2.13. The molecule has 0 aromatic heterocycles. The third kappa shape index (κ3) is 17.5. The quantitative estimate of drug-likeness (QED) is 0.297. The van der Waals surface area contributed by atoms with Gasteiger partial charge in [-0.2, -0.15) is 0 Å². The molecular weight excluding hydrogens is 324 g/mol. The first kappa shape index (κ1) is 20.6. The molecule has 0 saturated heterocycles. The lowest BCUT2D eigenvalue weighted by Crippen LogP contribution is -2.01. The molecule has 0 aliphatic heterocycles. The van der Waals surface area contributed by atoms with Gasteiger partial charge in [0.1, 0.15) is 6.10 Å². The lowest BCUT2D eigenvalue weighted by molar-refractivity contribution is 0.218. The van der Waals surface area contributed by atoms with Gasteiger partial charge >= 0.3 is 0 Å². The number of hydrogen-bond acceptors (Lipinski definition) is 1. The molecule has 0 saturated carbocycles. The Labute approximate surface area is 140 Å². The molecule has 21 heavy (non-hydrogen) atoms. The molecule has 0 amide bonds. The Kier molecular flexibility index (Phi) is 17.2. The molecule has 2 heteroatoms. The number of alkyl halides is 1. The maximum atomic E-state index is 9.57. The van der Waals surface area contributed by atoms with Crippen molar-refractivity contribution in [2.24, 2.45) is 0 Å². The molecule has 0 aromatic rings. The number of unbranched alkanes of at least 4 members (excludes halogenated alkanes) is 8. The van der Waals surface area contributed by atoms with Gasteiger partial charge in [-0.05, 0) is 25.7 Å². The average Bonchev–Trinajstić information content (AvgIpc) is 2.49. The summed E-state index contributed by atoms with van der Waals surface area (Å²) in [4.78, 5) is 0. The molecule has 1 N–H and O–H groups in total. The molecule has 0 fully saturated rings. The van der Waals surface area contributed by atoms with E-state index in [1.807, 2.05) is 0 Å². The summed E-state index contributed by atoms with van der Waals surface area (Å²) in [7, 11) is 0. The van der Waals surface area contributed by atoms with Crippen LogP contribution in [0.2, 0.25) is 0 Å². The summed E-state index contributed by atoms with van der Waals surface area (Å²) in [6, 6.07) is 0. The van der Waals surface area contributed by atoms with E-state index in [1.54, 1.807) is 0 Å². The van der Waals surface area contributed by atoms with Crippen molar-refractivity contribution in [1.29, 1.82) is 0 Å². The topological polar surface area (TPSA) is 20.2 Å². The minimum absolute atomic E-state index is 0.409. The van der Waals surface area contributed by atoms with Gasteiger partial charge in [0.15, 0.2) is 0 Å². The fraction of sp³-hybridized carbons (Fsp3) is 0.789. The van der Waals surface area contributed by atoms with E-state index < -0.39 is 6.10 Å². The molecule has 0 bridgehead atoms. The molecule has 0 aromatic carbocycles. The molecule has 0 rings (SSSR count). The predicted octanol–water partition coefficient (Wildman–Crippen LogP) is 5.45. The highest BCUT2D eigenvalue weighted by molar-refractivity contribution is 9.09. The van der Waals surface area contributed by atoms with Crippen LogP contribution in [0, 0.1) is 23.7 Å². The summed E-state index contributed by atoms with van der Waals surface area (Å²) in [5, 5.41) is 10.6. The highest BCUT2D eigenvalue weighted by atomic mass is 79.9. The van der Waals surface area contributed by atoms with Crippen molar-refractivity contribution < 1.29 is 5.11 Å². The van der Waals surface area contributed by atoms with Crippen LogP contribution < -0.4 is 0 Å². The maximum Gasteiger partial charge on any atom is 0.114 e. The molecule has 0 heterocycles. The van der Waals surface area contributed by atoms with Crippen molar-refractivity contribution in [3.05, 3.63) is 0 Å². The zero-order valence-electron chi connectivity index (χ0n) is 13.6.